The molecule has 0 N–H and O–H groups in total. The highest BCUT2D eigenvalue weighted by molar-refractivity contribution is 9.10. The number of alkyl halides is 2. The zero-order valence-corrected chi connectivity index (χ0v) is 10.1. The van der Waals surface area contributed by atoms with Gasteiger partial charge in [0.05, 0.1) is 22.7 Å². The van der Waals surface area contributed by atoms with Crippen LogP contribution in [0.25, 0.3) is 0 Å². The normalized spacial score (nSPS) is 9.88. The van der Waals surface area contributed by atoms with Crippen LogP contribution in [0.3, 0.4) is 0 Å². The molecule has 0 unspecified atom stereocenters. The van der Waals surface area contributed by atoms with Gasteiger partial charge >= 0.3 is 12.6 Å². The van der Waals surface area contributed by atoms with Gasteiger partial charge in [-0.15, -0.1) is 0 Å². The molecule has 0 aromatic heterocycles. The van der Waals surface area contributed by atoms with Crippen molar-refractivity contribution in [2.75, 3.05) is 7.11 Å². The van der Waals surface area contributed by atoms with Gasteiger partial charge in [0.15, 0.2) is 0 Å². The molecule has 1 rings (SSSR count). The molecule has 4 nitrogen and oxygen atoms in total. The van der Waals surface area contributed by atoms with E-state index in [0.717, 1.165) is 13.2 Å². The fourth-order valence-electron chi connectivity index (χ4n) is 1.11. The van der Waals surface area contributed by atoms with Crippen LogP contribution in [0, 0.1) is 11.3 Å². The number of hydrogen-bond donors (Lipinski definition) is 0. The van der Waals surface area contributed by atoms with Crippen molar-refractivity contribution < 1.29 is 23.0 Å². The Morgan fingerprint density at radius 3 is 2.65 bits per heavy atom. The van der Waals surface area contributed by atoms with Crippen LogP contribution in [0.4, 0.5) is 8.78 Å². The lowest BCUT2D eigenvalue weighted by Crippen LogP contribution is -2.08. The van der Waals surface area contributed by atoms with Crippen molar-refractivity contribution in [2.24, 2.45) is 0 Å². The summed E-state index contributed by atoms with van der Waals surface area (Å²) < 4.78 is 32.9. The van der Waals surface area contributed by atoms with Gasteiger partial charge in [0.1, 0.15) is 11.8 Å². The lowest BCUT2D eigenvalue weighted by Gasteiger charge is -2.09. The van der Waals surface area contributed by atoms with Crippen molar-refractivity contribution in [3.05, 3.63) is 27.7 Å². The highest BCUT2D eigenvalue weighted by Crippen LogP contribution is 2.30. The summed E-state index contributed by atoms with van der Waals surface area (Å²) >= 11 is 2.96. The number of ether oxygens (including phenoxy) is 2. The molecule has 0 aliphatic carbocycles. The number of benzene rings is 1. The molecular weight excluding hydrogens is 300 g/mol. The summed E-state index contributed by atoms with van der Waals surface area (Å²) in [6, 6.07) is 4.00. The molecule has 7 heteroatoms. The predicted molar refractivity (Wildman–Crippen MR) is 56.8 cm³/mol. The average Bonchev–Trinajstić information content (AvgIpc) is 2.29. The topological polar surface area (TPSA) is 59.3 Å². The van der Waals surface area contributed by atoms with Gasteiger partial charge in [-0.25, -0.2) is 4.79 Å². The van der Waals surface area contributed by atoms with E-state index in [1.165, 1.54) is 6.07 Å². The maximum Gasteiger partial charge on any atom is 0.387 e. The second kappa shape index (κ2) is 5.59. The highest BCUT2D eigenvalue weighted by Gasteiger charge is 2.17. The van der Waals surface area contributed by atoms with Crippen molar-refractivity contribution in [2.45, 2.75) is 6.61 Å². The number of hydrogen-bond acceptors (Lipinski definition) is 4. The molecule has 0 aliphatic heterocycles. The monoisotopic (exact) mass is 305 g/mol. The van der Waals surface area contributed by atoms with Crippen LogP contribution in [0.2, 0.25) is 0 Å². The van der Waals surface area contributed by atoms with Crippen LogP contribution >= 0.6 is 15.9 Å². The number of carbonyl (C=O) groups excluding carboxylic acids is 1. The molecule has 0 heterocycles. The molecule has 0 bridgehead atoms. The minimum atomic E-state index is -3.02. The average molecular weight is 306 g/mol. The van der Waals surface area contributed by atoms with Crippen LogP contribution in [-0.2, 0) is 4.74 Å². The lowest BCUT2D eigenvalue weighted by molar-refractivity contribution is -0.0504. The fourth-order valence-corrected chi connectivity index (χ4v) is 1.55. The van der Waals surface area contributed by atoms with Gasteiger partial charge in [0.2, 0.25) is 0 Å². The summed E-state index contributed by atoms with van der Waals surface area (Å²) in [6.07, 6.45) is 0. The maximum atomic E-state index is 12.1. The van der Waals surface area contributed by atoms with E-state index in [1.807, 2.05) is 0 Å². The van der Waals surface area contributed by atoms with Crippen molar-refractivity contribution >= 4 is 21.9 Å². The standard InChI is InChI=1S/C10H6BrF2NO3/c1-16-9(15)6-3-8(17-10(12)13)7(11)2-5(6)4-14/h2-3,10H,1H3. The van der Waals surface area contributed by atoms with E-state index in [1.54, 1.807) is 6.07 Å². The van der Waals surface area contributed by atoms with Crippen molar-refractivity contribution in [3.63, 3.8) is 0 Å². The zero-order valence-electron chi connectivity index (χ0n) is 8.54. The first-order chi connectivity index (χ1) is 7.99. The molecular formula is C10H6BrF2NO3. The number of carbonyl (C=O) groups is 1. The molecule has 90 valence electrons. The Bertz CT molecular complexity index is 485. The van der Waals surface area contributed by atoms with Gasteiger partial charge in [-0.3, -0.25) is 0 Å². The zero-order chi connectivity index (χ0) is 13.0. The minimum Gasteiger partial charge on any atom is -0.465 e. The van der Waals surface area contributed by atoms with Gasteiger partial charge in [0, 0.05) is 0 Å². The molecule has 0 spiro atoms. The maximum absolute atomic E-state index is 12.1. The number of nitriles is 1. The third-order valence-corrected chi connectivity index (χ3v) is 2.43. The number of esters is 1. The largest absolute Gasteiger partial charge is 0.465 e. The van der Waals surface area contributed by atoms with Gasteiger partial charge in [-0.2, -0.15) is 14.0 Å². The molecule has 0 atom stereocenters. The molecule has 1 aromatic rings. The van der Waals surface area contributed by atoms with Gasteiger partial charge in [-0.05, 0) is 28.1 Å². The van der Waals surface area contributed by atoms with Gasteiger partial charge < -0.3 is 9.47 Å². The predicted octanol–water partition coefficient (Wildman–Crippen LogP) is 2.71. The first-order valence-corrected chi connectivity index (χ1v) is 5.05. The summed E-state index contributed by atoms with van der Waals surface area (Å²) in [5.74, 6) is -1.03. The van der Waals surface area contributed by atoms with Crippen LogP contribution in [0.15, 0.2) is 16.6 Å². The van der Waals surface area contributed by atoms with E-state index in [4.69, 9.17) is 5.26 Å². The fraction of sp³-hybridized carbons (Fsp3) is 0.200. The van der Waals surface area contributed by atoms with Crippen LogP contribution < -0.4 is 4.74 Å². The molecule has 1 aromatic carbocycles. The highest BCUT2D eigenvalue weighted by atomic mass is 79.9. The summed E-state index contributed by atoms with van der Waals surface area (Å²) in [4.78, 5) is 11.3. The minimum absolute atomic E-state index is 0.00495. The Morgan fingerprint density at radius 2 is 2.18 bits per heavy atom. The summed E-state index contributed by atoms with van der Waals surface area (Å²) in [5, 5.41) is 8.79. The van der Waals surface area contributed by atoms with E-state index in [2.05, 4.69) is 25.4 Å². The number of halogens is 3. The SMILES string of the molecule is COC(=O)c1cc(OC(F)F)c(Br)cc1C#N. The van der Waals surface area contributed by atoms with E-state index >= 15 is 0 Å². The number of nitrogens with zero attached hydrogens (tertiary/aromatic N) is 1. The van der Waals surface area contributed by atoms with E-state index in [9.17, 15) is 13.6 Å². The molecule has 0 fully saturated rings. The Labute approximate surface area is 104 Å². The van der Waals surface area contributed by atoms with E-state index in [-0.39, 0.29) is 21.3 Å². The Kier molecular flexibility index (Phi) is 4.40. The molecule has 17 heavy (non-hydrogen) atoms. The van der Waals surface area contributed by atoms with Crippen LogP contribution in [-0.4, -0.2) is 19.7 Å². The third-order valence-electron chi connectivity index (χ3n) is 1.81. The lowest BCUT2D eigenvalue weighted by atomic mass is 10.1. The van der Waals surface area contributed by atoms with E-state index in [0.29, 0.717) is 0 Å². The number of rotatable bonds is 3. The smallest absolute Gasteiger partial charge is 0.387 e. The summed E-state index contributed by atoms with van der Waals surface area (Å²) in [7, 11) is 1.12. The third kappa shape index (κ3) is 3.14. The summed E-state index contributed by atoms with van der Waals surface area (Å²) in [6.45, 7) is -3.02. The molecule has 0 saturated heterocycles. The van der Waals surface area contributed by atoms with Crippen molar-refractivity contribution in [3.8, 4) is 11.8 Å². The van der Waals surface area contributed by atoms with Crippen LogP contribution in [0.5, 0.6) is 5.75 Å². The summed E-state index contributed by atoms with van der Waals surface area (Å²) in [5.41, 5.74) is -0.126. The molecule has 0 radical (unpaired) electrons. The van der Waals surface area contributed by atoms with Gasteiger partial charge in [-0.1, -0.05) is 0 Å². The molecule has 0 saturated carbocycles. The first kappa shape index (κ1) is 13.4. The molecule has 0 aliphatic rings. The molecule has 0 amide bonds. The number of methoxy groups -OCH3 is 1. The van der Waals surface area contributed by atoms with Crippen molar-refractivity contribution in [1.29, 1.82) is 5.26 Å². The Morgan fingerprint density at radius 1 is 1.53 bits per heavy atom. The Balaban J connectivity index is 3.28. The first-order valence-electron chi connectivity index (χ1n) is 4.26. The second-order valence-electron chi connectivity index (χ2n) is 2.81. The second-order valence-corrected chi connectivity index (χ2v) is 3.66. The van der Waals surface area contributed by atoms with E-state index < -0.39 is 12.6 Å². The Hall–Kier alpha value is -1.68. The van der Waals surface area contributed by atoms with Gasteiger partial charge in [0.25, 0.3) is 0 Å². The van der Waals surface area contributed by atoms with Crippen LogP contribution in [0.1, 0.15) is 15.9 Å². The quantitative estimate of drug-likeness (QED) is 0.806. The van der Waals surface area contributed by atoms with Crippen molar-refractivity contribution in [1.82, 2.24) is 0 Å².